The Kier molecular flexibility index (Phi) is 6.10. The van der Waals surface area contributed by atoms with Crippen molar-refractivity contribution in [2.75, 3.05) is 4.90 Å². The molecule has 0 unspecified atom stereocenters. The summed E-state index contributed by atoms with van der Waals surface area (Å²) in [6, 6.07) is 17.4. The van der Waals surface area contributed by atoms with Crippen molar-refractivity contribution in [1.82, 2.24) is 5.32 Å². The number of nitrogens with zero attached hydrogens (tertiary/aromatic N) is 1. The van der Waals surface area contributed by atoms with Crippen molar-refractivity contribution in [3.05, 3.63) is 76.3 Å². The van der Waals surface area contributed by atoms with Crippen LogP contribution in [0.2, 0.25) is 0 Å². The Morgan fingerprint density at radius 3 is 2.47 bits per heavy atom. The Labute approximate surface area is 194 Å². The first-order valence-electron chi connectivity index (χ1n) is 10.2. The minimum absolute atomic E-state index is 0.0509. The molecule has 3 aromatic carbocycles. The minimum atomic E-state index is -0.784. The van der Waals surface area contributed by atoms with Crippen LogP contribution in [0.1, 0.15) is 25.8 Å². The zero-order valence-electron chi connectivity index (χ0n) is 17.6. The third kappa shape index (κ3) is 4.16. The molecule has 0 saturated carbocycles. The number of nitrogens with one attached hydrogen (secondary N) is 1. The normalized spacial score (nSPS) is 16.4. The molecule has 4 rings (SSSR count). The van der Waals surface area contributed by atoms with Gasteiger partial charge in [0.25, 0.3) is 11.8 Å². The molecule has 1 N–H and O–H groups in total. The molecule has 1 fully saturated rings. The average molecular weight is 493 g/mol. The third-order valence-electron chi connectivity index (χ3n) is 5.31. The second kappa shape index (κ2) is 8.96. The quantitative estimate of drug-likeness (QED) is 0.379. The molecular weight excluding hydrogens is 472 g/mol. The summed E-state index contributed by atoms with van der Waals surface area (Å²) in [6.45, 7) is 3.97. The van der Waals surface area contributed by atoms with E-state index in [2.05, 4.69) is 21.2 Å². The summed E-state index contributed by atoms with van der Waals surface area (Å²) >= 11 is 3.34. The standard InChI is InChI=1S/C25H21BrN2O4/c1-3-15(2)32-22-13-8-16-6-4-5-7-19(16)20(22)14-21-23(29)27-25(31)28(24(21)30)18-11-9-17(26)10-12-18/h4-15H,3H2,1-2H3,(H,27,29,31)/b21-14+/t15-/m1/s1. The zero-order chi connectivity index (χ0) is 22.8. The van der Waals surface area contributed by atoms with Gasteiger partial charge in [-0.05, 0) is 60.5 Å². The number of urea groups is 1. The Balaban J connectivity index is 1.85. The van der Waals surface area contributed by atoms with Crippen LogP contribution in [0.5, 0.6) is 5.75 Å². The van der Waals surface area contributed by atoms with Crippen molar-refractivity contribution in [3.8, 4) is 5.75 Å². The highest BCUT2D eigenvalue weighted by molar-refractivity contribution is 9.10. The number of rotatable bonds is 5. The SMILES string of the molecule is CC[C@@H](C)Oc1ccc2ccccc2c1/C=C1\C(=O)NC(=O)N(c2ccc(Br)cc2)C1=O. The van der Waals surface area contributed by atoms with Crippen LogP contribution < -0.4 is 15.0 Å². The van der Waals surface area contributed by atoms with E-state index in [4.69, 9.17) is 4.74 Å². The van der Waals surface area contributed by atoms with Gasteiger partial charge in [0.15, 0.2) is 0 Å². The van der Waals surface area contributed by atoms with E-state index in [0.29, 0.717) is 17.0 Å². The number of carbonyl (C=O) groups excluding carboxylic acids is 3. The van der Waals surface area contributed by atoms with Gasteiger partial charge in [0.2, 0.25) is 0 Å². The van der Waals surface area contributed by atoms with Crippen LogP contribution >= 0.6 is 15.9 Å². The molecule has 1 aliphatic heterocycles. The van der Waals surface area contributed by atoms with Gasteiger partial charge in [0, 0.05) is 10.0 Å². The molecule has 0 bridgehead atoms. The molecule has 1 atom stereocenters. The van der Waals surface area contributed by atoms with E-state index in [0.717, 1.165) is 26.6 Å². The van der Waals surface area contributed by atoms with E-state index in [1.807, 2.05) is 50.2 Å². The van der Waals surface area contributed by atoms with Gasteiger partial charge in [-0.3, -0.25) is 14.9 Å². The maximum atomic E-state index is 13.3. The summed E-state index contributed by atoms with van der Waals surface area (Å²) in [5.41, 5.74) is 0.841. The van der Waals surface area contributed by atoms with Crippen LogP contribution in [-0.4, -0.2) is 23.9 Å². The fourth-order valence-corrected chi connectivity index (χ4v) is 3.72. The number of hydrogen-bond acceptors (Lipinski definition) is 4. The first-order valence-corrected chi connectivity index (χ1v) is 11.0. The molecule has 0 aromatic heterocycles. The Hall–Kier alpha value is -3.45. The second-order valence-electron chi connectivity index (χ2n) is 7.47. The second-order valence-corrected chi connectivity index (χ2v) is 8.39. The number of imide groups is 2. The van der Waals surface area contributed by atoms with Crippen molar-refractivity contribution in [3.63, 3.8) is 0 Å². The van der Waals surface area contributed by atoms with Gasteiger partial charge in [-0.2, -0.15) is 0 Å². The fraction of sp³-hybridized carbons (Fsp3) is 0.160. The molecule has 3 aromatic rings. The summed E-state index contributed by atoms with van der Waals surface area (Å²) in [4.78, 5) is 39.4. The lowest BCUT2D eigenvalue weighted by molar-refractivity contribution is -0.122. The predicted molar refractivity (Wildman–Crippen MR) is 127 cm³/mol. The van der Waals surface area contributed by atoms with Crippen LogP contribution in [0.25, 0.3) is 16.8 Å². The first-order chi connectivity index (χ1) is 15.4. The number of ether oxygens (including phenoxy) is 1. The molecule has 0 spiro atoms. The number of benzene rings is 3. The summed E-state index contributed by atoms with van der Waals surface area (Å²) in [7, 11) is 0. The van der Waals surface area contributed by atoms with Gasteiger partial charge < -0.3 is 4.74 Å². The summed E-state index contributed by atoms with van der Waals surface area (Å²) in [5, 5.41) is 4.06. The Bertz CT molecular complexity index is 1250. The molecule has 0 aliphatic carbocycles. The molecule has 1 saturated heterocycles. The summed E-state index contributed by atoms with van der Waals surface area (Å²) < 4.78 is 6.89. The highest BCUT2D eigenvalue weighted by Crippen LogP contribution is 2.32. The monoisotopic (exact) mass is 492 g/mol. The number of barbiturate groups is 1. The van der Waals surface area contributed by atoms with E-state index >= 15 is 0 Å². The van der Waals surface area contributed by atoms with E-state index in [1.54, 1.807) is 24.3 Å². The number of anilines is 1. The molecule has 4 amide bonds. The molecule has 162 valence electrons. The maximum Gasteiger partial charge on any atom is 0.335 e. The highest BCUT2D eigenvalue weighted by Gasteiger charge is 2.37. The predicted octanol–water partition coefficient (Wildman–Crippen LogP) is 5.45. The Morgan fingerprint density at radius 2 is 1.75 bits per heavy atom. The van der Waals surface area contributed by atoms with E-state index in [1.165, 1.54) is 6.08 Å². The van der Waals surface area contributed by atoms with Gasteiger partial charge in [-0.25, -0.2) is 9.69 Å². The van der Waals surface area contributed by atoms with Crippen molar-refractivity contribution in [2.24, 2.45) is 0 Å². The molecule has 1 heterocycles. The summed E-state index contributed by atoms with van der Waals surface area (Å²) in [5.74, 6) is -0.863. The van der Waals surface area contributed by atoms with Gasteiger partial charge in [-0.1, -0.05) is 53.2 Å². The smallest absolute Gasteiger partial charge is 0.335 e. The topological polar surface area (TPSA) is 75.7 Å². The van der Waals surface area contributed by atoms with Crippen LogP contribution in [0.15, 0.2) is 70.7 Å². The van der Waals surface area contributed by atoms with Gasteiger partial charge in [0.05, 0.1) is 11.8 Å². The molecular formula is C25H21BrN2O4. The van der Waals surface area contributed by atoms with Gasteiger partial charge in [-0.15, -0.1) is 0 Å². The fourth-order valence-electron chi connectivity index (χ4n) is 3.45. The van der Waals surface area contributed by atoms with Gasteiger partial charge in [0.1, 0.15) is 11.3 Å². The van der Waals surface area contributed by atoms with E-state index < -0.39 is 17.8 Å². The van der Waals surface area contributed by atoms with Gasteiger partial charge >= 0.3 is 6.03 Å². The average Bonchev–Trinajstić information content (AvgIpc) is 2.78. The van der Waals surface area contributed by atoms with Crippen molar-refractivity contribution < 1.29 is 19.1 Å². The zero-order valence-corrected chi connectivity index (χ0v) is 19.2. The number of fused-ring (bicyclic) bond motifs is 1. The largest absolute Gasteiger partial charge is 0.490 e. The van der Waals surface area contributed by atoms with Crippen LogP contribution in [-0.2, 0) is 9.59 Å². The molecule has 7 heteroatoms. The van der Waals surface area contributed by atoms with E-state index in [9.17, 15) is 14.4 Å². The third-order valence-corrected chi connectivity index (χ3v) is 5.84. The minimum Gasteiger partial charge on any atom is -0.490 e. The van der Waals surface area contributed by atoms with E-state index in [-0.39, 0.29) is 11.7 Å². The van der Waals surface area contributed by atoms with Crippen molar-refractivity contribution in [1.29, 1.82) is 0 Å². The maximum absolute atomic E-state index is 13.3. The lowest BCUT2D eigenvalue weighted by Crippen LogP contribution is -2.54. The lowest BCUT2D eigenvalue weighted by Gasteiger charge is -2.26. The van der Waals surface area contributed by atoms with Crippen LogP contribution in [0, 0.1) is 0 Å². The molecule has 0 radical (unpaired) electrons. The highest BCUT2D eigenvalue weighted by atomic mass is 79.9. The number of carbonyl (C=O) groups is 3. The molecule has 32 heavy (non-hydrogen) atoms. The number of halogens is 1. The Morgan fingerprint density at radius 1 is 1.03 bits per heavy atom. The van der Waals surface area contributed by atoms with Crippen molar-refractivity contribution >= 4 is 56.3 Å². The number of hydrogen-bond donors (Lipinski definition) is 1. The lowest BCUT2D eigenvalue weighted by atomic mass is 9.99. The molecule has 6 nitrogen and oxygen atoms in total. The first kappa shape index (κ1) is 21.8. The summed E-state index contributed by atoms with van der Waals surface area (Å²) in [6.07, 6.45) is 2.26. The van der Waals surface area contributed by atoms with Crippen LogP contribution in [0.3, 0.4) is 0 Å². The van der Waals surface area contributed by atoms with Crippen LogP contribution in [0.4, 0.5) is 10.5 Å². The van der Waals surface area contributed by atoms with Crippen molar-refractivity contribution in [2.45, 2.75) is 26.4 Å². The molecule has 1 aliphatic rings. The number of amides is 4.